The molecule has 1 aromatic carbocycles. The maximum absolute atomic E-state index is 6.03. The first-order valence-electron chi connectivity index (χ1n) is 6.53. The van der Waals surface area contributed by atoms with E-state index >= 15 is 0 Å². The molecule has 0 aliphatic heterocycles. The van der Waals surface area contributed by atoms with Gasteiger partial charge in [0.25, 0.3) is 0 Å². The summed E-state index contributed by atoms with van der Waals surface area (Å²) >= 11 is 6.03. The summed E-state index contributed by atoms with van der Waals surface area (Å²) in [6.45, 7) is 5.12. The molecule has 1 atom stereocenters. The lowest BCUT2D eigenvalue weighted by molar-refractivity contribution is 0.518. The van der Waals surface area contributed by atoms with E-state index in [4.69, 9.17) is 22.3 Å². The Morgan fingerprint density at radius 2 is 2.22 bits per heavy atom. The Balaban J connectivity index is 2.53. The van der Waals surface area contributed by atoms with Crippen LogP contribution in [0.4, 0.5) is 0 Å². The molecule has 0 fully saturated rings. The molecule has 3 nitrogen and oxygen atoms in total. The standard InChI is InChI=1S/C14H20ClN3/c1-3-10(2)18-13-7-6-11(15)9-12(13)17-14(18)5-4-8-16/h6-7,9-10H,3-5,8,16H2,1-2H3/t10-/m1/s1. The van der Waals surface area contributed by atoms with Gasteiger partial charge in [0.05, 0.1) is 11.0 Å². The molecule has 0 radical (unpaired) electrons. The maximum atomic E-state index is 6.03. The van der Waals surface area contributed by atoms with E-state index in [1.165, 1.54) is 5.52 Å². The third-order valence-corrected chi connectivity index (χ3v) is 3.60. The Kier molecular flexibility index (Phi) is 4.25. The molecule has 1 heterocycles. The molecule has 0 aliphatic rings. The van der Waals surface area contributed by atoms with Gasteiger partial charge in [0, 0.05) is 17.5 Å². The number of imidazole rings is 1. The van der Waals surface area contributed by atoms with Crippen molar-refractivity contribution in [1.82, 2.24) is 9.55 Å². The number of benzene rings is 1. The van der Waals surface area contributed by atoms with Crippen LogP contribution in [0.1, 0.15) is 38.6 Å². The lowest BCUT2D eigenvalue weighted by Crippen LogP contribution is -2.10. The predicted molar refractivity (Wildman–Crippen MR) is 77.1 cm³/mol. The quantitative estimate of drug-likeness (QED) is 0.898. The highest BCUT2D eigenvalue weighted by atomic mass is 35.5. The number of fused-ring (bicyclic) bond motifs is 1. The molecule has 0 bridgehead atoms. The van der Waals surface area contributed by atoms with E-state index in [0.717, 1.165) is 35.6 Å². The van der Waals surface area contributed by atoms with E-state index in [-0.39, 0.29) is 0 Å². The number of rotatable bonds is 5. The highest BCUT2D eigenvalue weighted by Gasteiger charge is 2.14. The lowest BCUT2D eigenvalue weighted by atomic mass is 10.2. The summed E-state index contributed by atoms with van der Waals surface area (Å²) in [6.07, 6.45) is 2.98. The number of aryl methyl sites for hydroxylation is 1. The molecule has 2 N–H and O–H groups in total. The SMILES string of the molecule is CC[C@@H](C)n1c(CCCN)nc2cc(Cl)ccc21. The van der Waals surface area contributed by atoms with Crippen molar-refractivity contribution >= 4 is 22.6 Å². The maximum Gasteiger partial charge on any atom is 0.110 e. The molecular formula is C14H20ClN3. The first-order chi connectivity index (χ1) is 8.67. The summed E-state index contributed by atoms with van der Waals surface area (Å²) in [4.78, 5) is 4.70. The van der Waals surface area contributed by atoms with Crippen LogP contribution in [0.5, 0.6) is 0 Å². The van der Waals surface area contributed by atoms with Gasteiger partial charge < -0.3 is 10.3 Å². The Labute approximate surface area is 113 Å². The zero-order valence-corrected chi connectivity index (χ0v) is 11.7. The summed E-state index contributed by atoms with van der Waals surface area (Å²) in [7, 11) is 0. The van der Waals surface area contributed by atoms with Gasteiger partial charge >= 0.3 is 0 Å². The van der Waals surface area contributed by atoms with Crippen LogP contribution in [-0.2, 0) is 6.42 Å². The second-order valence-electron chi connectivity index (χ2n) is 4.68. The van der Waals surface area contributed by atoms with Crippen molar-refractivity contribution < 1.29 is 0 Å². The number of hydrogen-bond donors (Lipinski definition) is 1. The zero-order valence-electron chi connectivity index (χ0n) is 11.0. The van der Waals surface area contributed by atoms with Crippen LogP contribution in [-0.4, -0.2) is 16.1 Å². The number of halogens is 1. The van der Waals surface area contributed by atoms with Crippen LogP contribution in [0.25, 0.3) is 11.0 Å². The van der Waals surface area contributed by atoms with Gasteiger partial charge in [-0.2, -0.15) is 0 Å². The largest absolute Gasteiger partial charge is 0.330 e. The molecule has 4 heteroatoms. The van der Waals surface area contributed by atoms with Crippen molar-refractivity contribution in [1.29, 1.82) is 0 Å². The average Bonchev–Trinajstić information content (AvgIpc) is 2.72. The van der Waals surface area contributed by atoms with Gasteiger partial charge in [-0.05, 0) is 44.5 Å². The number of hydrogen-bond acceptors (Lipinski definition) is 2. The molecule has 2 rings (SSSR count). The molecule has 0 unspecified atom stereocenters. The average molecular weight is 266 g/mol. The molecule has 0 spiro atoms. The summed E-state index contributed by atoms with van der Waals surface area (Å²) in [5.74, 6) is 1.12. The molecule has 0 amide bonds. The van der Waals surface area contributed by atoms with Crippen molar-refractivity contribution in [2.45, 2.75) is 39.2 Å². The van der Waals surface area contributed by atoms with Crippen LogP contribution in [0.15, 0.2) is 18.2 Å². The van der Waals surface area contributed by atoms with E-state index in [2.05, 4.69) is 24.5 Å². The minimum atomic E-state index is 0.448. The summed E-state index contributed by atoms with van der Waals surface area (Å²) in [6, 6.07) is 6.37. The fourth-order valence-corrected chi connectivity index (χ4v) is 2.40. The monoisotopic (exact) mass is 265 g/mol. The van der Waals surface area contributed by atoms with Gasteiger partial charge in [0.1, 0.15) is 5.82 Å². The Hall–Kier alpha value is -1.06. The van der Waals surface area contributed by atoms with Gasteiger partial charge in [-0.25, -0.2) is 4.98 Å². The second-order valence-corrected chi connectivity index (χ2v) is 5.12. The highest BCUT2D eigenvalue weighted by molar-refractivity contribution is 6.31. The summed E-state index contributed by atoms with van der Waals surface area (Å²) in [5.41, 5.74) is 7.74. The van der Waals surface area contributed by atoms with Crippen molar-refractivity contribution in [3.8, 4) is 0 Å². The van der Waals surface area contributed by atoms with Crippen molar-refractivity contribution in [2.75, 3.05) is 6.54 Å². The summed E-state index contributed by atoms with van der Waals surface area (Å²) in [5, 5.41) is 0.738. The number of aromatic nitrogens is 2. The molecule has 0 aliphatic carbocycles. The molecule has 98 valence electrons. The summed E-state index contributed by atoms with van der Waals surface area (Å²) < 4.78 is 2.32. The lowest BCUT2D eigenvalue weighted by Gasteiger charge is -2.15. The fourth-order valence-electron chi connectivity index (χ4n) is 2.23. The third kappa shape index (κ3) is 2.52. The first kappa shape index (κ1) is 13.4. The Morgan fingerprint density at radius 3 is 2.89 bits per heavy atom. The molecule has 2 aromatic rings. The number of nitrogens with two attached hydrogens (primary N) is 1. The Bertz CT molecular complexity index is 533. The van der Waals surface area contributed by atoms with E-state index in [9.17, 15) is 0 Å². The minimum absolute atomic E-state index is 0.448. The molecule has 1 aromatic heterocycles. The molecule has 0 saturated carbocycles. The van der Waals surface area contributed by atoms with E-state index in [1.807, 2.05) is 12.1 Å². The van der Waals surface area contributed by atoms with Gasteiger partial charge in [0.2, 0.25) is 0 Å². The van der Waals surface area contributed by atoms with Crippen LogP contribution in [0, 0.1) is 0 Å². The Morgan fingerprint density at radius 1 is 1.44 bits per heavy atom. The van der Waals surface area contributed by atoms with Gasteiger partial charge in [-0.3, -0.25) is 0 Å². The van der Waals surface area contributed by atoms with Crippen LogP contribution in [0.2, 0.25) is 5.02 Å². The van der Waals surface area contributed by atoms with E-state index in [1.54, 1.807) is 0 Å². The number of nitrogens with zero attached hydrogens (tertiary/aromatic N) is 2. The molecule has 18 heavy (non-hydrogen) atoms. The normalized spacial score (nSPS) is 13.1. The van der Waals surface area contributed by atoms with Crippen molar-refractivity contribution in [3.63, 3.8) is 0 Å². The van der Waals surface area contributed by atoms with Gasteiger partial charge in [-0.15, -0.1) is 0 Å². The first-order valence-corrected chi connectivity index (χ1v) is 6.91. The van der Waals surface area contributed by atoms with Gasteiger partial charge in [0.15, 0.2) is 0 Å². The van der Waals surface area contributed by atoms with Crippen molar-refractivity contribution in [3.05, 3.63) is 29.0 Å². The predicted octanol–water partition coefficient (Wildman–Crippen LogP) is 3.55. The highest BCUT2D eigenvalue weighted by Crippen LogP contribution is 2.26. The van der Waals surface area contributed by atoms with Crippen LogP contribution >= 0.6 is 11.6 Å². The van der Waals surface area contributed by atoms with Crippen LogP contribution < -0.4 is 5.73 Å². The zero-order chi connectivity index (χ0) is 13.1. The third-order valence-electron chi connectivity index (χ3n) is 3.36. The smallest absolute Gasteiger partial charge is 0.110 e. The molecule has 0 saturated heterocycles. The van der Waals surface area contributed by atoms with Crippen molar-refractivity contribution in [2.24, 2.45) is 5.73 Å². The van der Waals surface area contributed by atoms with Crippen LogP contribution in [0.3, 0.4) is 0 Å². The topological polar surface area (TPSA) is 43.8 Å². The second kappa shape index (κ2) is 5.72. The van der Waals surface area contributed by atoms with E-state index < -0.39 is 0 Å². The minimum Gasteiger partial charge on any atom is -0.330 e. The van der Waals surface area contributed by atoms with Gasteiger partial charge in [-0.1, -0.05) is 18.5 Å². The van der Waals surface area contributed by atoms with E-state index in [0.29, 0.717) is 12.6 Å². The fraction of sp³-hybridized carbons (Fsp3) is 0.500. The molecular weight excluding hydrogens is 246 g/mol.